The van der Waals surface area contributed by atoms with Gasteiger partial charge in [-0.15, -0.1) is 0 Å². The van der Waals surface area contributed by atoms with Crippen LogP contribution in [-0.4, -0.2) is 18.1 Å². The molecule has 0 spiro atoms. The maximum absolute atomic E-state index is 12.9. The average molecular weight is 259 g/mol. The van der Waals surface area contributed by atoms with Gasteiger partial charge in [0.15, 0.2) is 0 Å². The van der Waals surface area contributed by atoms with Gasteiger partial charge in [0.05, 0.1) is 0 Å². The Morgan fingerprint density at radius 2 is 1.61 bits per heavy atom. The van der Waals surface area contributed by atoms with Crippen LogP contribution in [0.15, 0.2) is 30.3 Å². The highest BCUT2D eigenvalue weighted by atomic mass is 19.4. The summed E-state index contributed by atoms with van der Waals surface area (Å²) in [6.45, 7) is 4.32. The lowest BCUT2D eigenvalue weighted by molar-refractivity contribution is -0.174. The summed E-state index contributed by atoms with van der Waals surface area (Å²) in [7, 11) is 0. The second-order valence-corrected chi connectivity index (χ2v) is 5.18. The highest BCUT2D eigenvalue weighted by molar-refractivity contribution is 5.94. The summed E-state index contributed by atoms with van der Waals surface area (Å²) in [6.07, 6.45) is -4.47. The van der Waals surface area contributed by atoms with Crippen molar-refractivity contribution in [2.45, 2.75) is 33.0 Å². The zero-order valence-electron chi connectivity index (χ0n) is 10.5. The second-order valence-electron chi connectivity index (χ2n) is 5.18. The van der Waals surface area contributed by atoms with E-state index in [0.717, 1.165) is 0 Å². The molecule has 0 aliphatic heterocycles. The zero-order chi connectivity index (χ0) is 14.0. The number of carbonyl (C=O) groups excluding carboxylic acids is 1. The van der Waals surface area contributed by atoms with Crippen molar-refractivity contribution in [2.24, 2.45) is 5.41 Å². The summed E-state index contributed by atoms with van der Waals surface area (Å²) >= 11 is 0. The molecule has 1 aromatic carbocycles. The van der Waals surface area contributed by atoms with Crippen molar-refractivity contribution in [1.29, 1.82) is 0 Å². The Morgan fingerprint density at radius 1 is 1.11 bits per heavy atom. The van der Waals surface area contributed by atoms with Gasteiger partial charge < -0.3 is 5.32 Å². The first-order valence-corrected chi connectivity index (χ1v) is 5.55. The van der Waals surface area contributed by atoms with E-state index in [1.54, 1.807) is 18.2 Å². The van der Waals surface area contributed by atoms with Crippen molar-refractivity contribution < 1.29 is 18.0 Å². The first-order chi connectivity index (χ1) is 8.12. The van der Waals surface area contributed by atoms with E-state index in [4.69, 9.17) is 0 Å². The van der Waals surface area contributed by atoms with Gasteiger partial charge in [0, 0.05) is 5.56 Å². The third kappa shape index (κ3) is 3.75. The van der Waals surface area contributed by atoms with Crippen LogP contribution in [0.4, 0.5) is 13.2 Å². The van der Waals surface area contributed by atoms with Crippen molar-refractivity contribution in [3.8, 4) is 0 Å². The molecule has 0 unspecified atom stereocenters. The van der Waals surface area contributed by atoms with Crippen molar-refractivity contribution >= 4 is 5.91 Å². The number of amides is 1. The van der Waals surface area contributed by atoms with Crippen LogP contribution in [0.1, 0.15) is 31.1 Å². The summed E-state index contributed by atoms with van der Waals surface area (Å²) in [6, 6.07) is 5.99. The Balaban J connectivity index is 2.90. The molecule has 0 aromatic heterocycles. The number of halogens is 3. The standard InChI is InChI=1S/C13H16F3NO/c1-12(2,3)11(13(14,15)16)17-10(18)9-7-5-4-6-8-9/h4-8,11H,1-3H3,(H,17,18)/t11-/m0/s1. The third-order valence-electron chi connectivity index (χ3n) is 2.50. The van der Waals surface area contributed by atoms with E-state index < -0.39 is 23.5 Å². The lowest BCUT2D eigenvalue weighted by atomic mass is 9.86. The number of hydrogen-bond donors (Lipinski definition) is 1. The van der Waals surface area contributed by atoms with Crippen LogP contribution >= 0.6 is 0 Å². The molecule has 0 radical (unpaired) electrons. The molecule has 1 aromatic rings. The molecule has 0 saturated heterocycles. The van der Waals surface area contributed by atoms with Crippen molar-refractivity contribution in [3.63, 3.8) is 0 Å². The van der Waals surface area contributed by atoms with E-state index in [2.05, 4.69) is 0 Å². The minimum Gasteiger partial charge on any atom is -0.340 e. The van der Waals surface area contributed by atoms with E-state index in [1.807, 2.05) is 5.32 Å². The number of nitrogens with one attached hydrogen (secondary N) is 1. The van der Waals surface area contributed by atoms with E-state index in [1.165, 1.54) is 32.9 Å². The molecule has 100 valence electrons. The fourth-order valence-electron chi connectivity index (χ4n) is 1.59. The topological polar surface area (TPSA) is 29.1 Å². The van der Waals surface area contributed by atoms with Gasteiger partial charge in [-0.25, -0.2) is 0 Å². The molecule has 1 amide bonds. The molecule has 1 atom stereocenters. The highest BCUT2D eigenvalue weighted by Gasteiger charge is 2.47. The maximum atomic E-state index is 12.9. The molecule has 18 heavy (non-hydrogen) atoms. The van der Waals surface area contributed by atoms with E-state index in [0.29, 0.717) is 0 Å². The molecule has 0 saturated carbocycles. The summed E-state index contributed by atoms with van der Waals surface area (Å²) in [5.41, 5.74) is -0.876. The van der Waals surface area contributed by atoms with Crippen LogP contribution in [0.25, 0.3) is 0 Å². The second kappa shape index (κ2) is 5.00. The number of rotatable bonds is 2. The minimum atomic E-state index is -4.47. The van der Waals surface area contributed by atoms with Gasteiger partial charge in [-0.3, -0.25) is 4.79 Å². The molecule has 5 heteroatoms. The van der Waals surface area contributed by atoms with Gasteiger partial charge in [0.25, 0.3) is 5.91 Å². The molecule has 0 fully saturated rings. The summed E-state index contributed by atoms with van der Waals surface area (Å²) < 4.78 is 38.6. The normalized spacial score (nSPS) is 14.1. The number of hydrogen-bond acceptors (Lipinski definition) is 1. The Morgan fingerprint density at radius 3 is 2.00 bits per heavy atom. The number of benzene rings is 1. The molecule has 0 aliphatic carbocycles. The molecule has 0 heterocycles. The van der Waals surface area contributed by atoms with Crippen LogP contribution < -0.4 is 5.32 Å². The van der Waals surface area contributed by atoms with Gasteiger partial charge in [0.1, 0.15) is 6.04 Å². The van der Waals surface area contributed by atoms with Gasteiger partial charge in [0.2, 0.25) is 0 Å². The fourth-order valence-corrected chi connectivity index (χ4v) is 1.59. The molecular weight excluding hydrogens is 243 g/mol. The summed E-state index contributed by atoms with van der Waals surface area (Å²) in [5.74, 6) is -0.715. The monoisotopic (exact) mass is 259 g/mol. The Hall–Kier alpha value is -1.52. The van der Waals surface area contributed by atoms with Crippen LogP contribution in [0.3, 0.4) is 0 Å². The van der Waals surface area contributed by atoms with E-state index >= 15 is 0 Å². The van der Waals surface area contributed by atoms with Crippen LogP contribution in [0.2, 0.25) is 0 Å². The van der Waals surface area contributed by atoms with Crippen LogP contribution in [0, 0.1) is 5.41 Å². The molecule has 1 N–H and O–H groups in total. The van der Waals surface area contributed by atoms with Crippen LogP contribution in [-0.2, 0) is 0 Å². The van der Waals surface area contributed by atoms with Gasteiger partial charge in [-0.1, -0.05) is 39.0 Å². The maximum Gasteiger partial charge on any atom is 0.409 e. The van der Waals surface area contributed by atoms with Gasteiger partial charge in [-0.2, -0.15) is 13.2 Å². The third-order valence-corrected chi connectivity index (χ3v) is 2.50. The average Bonchev–Trinajstić information content (AvgIpc) is 2.23. The SMILES string of the molecule is CC(C)(C)[C@H](NC(=O)c1ccccc1)C(F)(F)F. The zero-order valence-corrected chi connectivity index (χ0v) is 10.5. The van der Waals surface area contributed by atoms with Crippen molar-refractivity contribution in [1.82, 2.24) is 5.32 Å². The lowest BCUT2D eigenvalue weighted by Crippen LogP contribution is -2.53. The Kier molecular flexibility index (Phi) is 4.04. The van der Waals surface area contributed by atoms with Crippen molar-refractivity contribution in [3.05, 3.63) is 35.9 Å². The molecule has 1 rings (SSSR count). The van der Waals surface area contributed by atoms with Crippen LogP contribution in [0.5, 0.6) is 0 Å². The van der Waals surface area contributed by atoms with Crippen molar-refractivity contribution in [2.75, 3.05) is 0 Å². The predicted molar refractivity (Wildman–Crippen MR) is 63.2 cm³/mol. The van der Waals surface area contributed by atoms with E-state index in [-0.39, 0.29) is 5.56 Å². The van der Waals surface area contributed by atoms with Gasteiger partial charge in [-0.05, 0) is 17.5 Å². The molecular formula is C13H16F3NO. The quantitative estimate of drug-likeness (QED) is 0.866. The summed E-state index contributed by atoms with van der Waals surface area (Å²) in [4.78, 5) is 11.7. The predicted octanol–water partition coefficient (Wildman–Crippen LogP) is 3.39. The first kappa shape index (κ1) is 14.5. The lowest BCUT2D eigenvalue weighted by Gasteiger charge is -2.33. The first-order valence-electron chi connectivity index (χ1n) is 5.55. The number of alkyl halides is 3. The Bertz CT molecular complexity index is 392. The molecule has 0 bridgehead atoms. The molecule has 0 aliphatic rings. The molecule has 2 nitrogen and oxygen atoms in total. The minimum absolute atomic E-state index is 0.219. The smallest absolute Gasteiger partial charge is 0.340 e. The largest absolute Gasteiger partial charge is 0.409 e. The highest BCUT2D eigenvalue weighted by Crippen LogP contribution is 2.33. The Labute approximate surface area is 104 Å². The fraction of sp³-hybridized carbons (Fsp3) is 0.462. The van der Waals surface area contributed by atoms with Gasteiger partial charge >= 0.3 is 6.18 Å². The van der Waals surface area contributed by atoms with E-state index in [9.17, 15) is 18.0 Å². The summed E-state index contributed by atoms with van der Waals surface area (Å²) in [5, 5.41) is 2.05. The number of carbonyl (C=O) groups is 1.